The van der Waals surface area contributed by atoms with Gasteiger partial charge in [-0.05, 0) is 25.0 Å². The number of nitriles is 1. The number of aryl methyl sites for hydroxylation is 1. The van der Waals surface area contributed by atoms with Crippen molar-refractivity contribution in [1.29, 1.82) is 5.26 Å². The predicted octanol–water partition coefficient (Wildman–Crippen LogP) is 2.30. The van der Waals surface area contributed by atoms with Gasteiger partial charge in [0.2, 0.25) is 0 Å². The average Bonchev–Trinajstić information content (AvgIpc) is 2.15. The second-order valence-corrected chi connectivity index (χ2v) is 2.71. The molecule has 0 aliphatic carbocycles. The number of hydrogen-bond acceptors (Lipinski definition) is 2. The minimum atomic E-state index is 0.714. The van der Waals surface area contributed by atoms with Crippen LogP contribution in [-0.2, 0) is 6.42 Å². The lowest BCUT2D eigenvalue weighted by atomic mass is 10.1. The Morgan fingerprint density at radius 2 is 2.42 bits per heavy atom. The van der Waals surface area contributed by atoms with Gasteiger partial charge in [-0.3, -0.25) is 4.98 Å². The van der Waals surface area contributed by atoms with Gasteiger partial charge in [0, 0.05) is 6.20 Å². The fraction of sp³-hybridized carbons (Fsp3) is 0.400. The molecule has 0 atom stereocenters. The topological polar surface area (TPSA) is 36.7 Å². The molecule has 1 rings (SSSR count). The summed E-state index contributed by atoms with van der Waals surface area (Å²) < 4.78 is 0. The minimum absolute atomic E-state index is 0.714. The van der Waals surface area contributed by atoms with Gasteiger partial charge < -0.3 is 0 Å². The quantitative estimate of drug-likeness (QED) is 0.680. The maximum atomic E-state index is 8.73. The number of nitrogens with zero attached hydrogens (tertiary/aromatic N) is 2. The van der Waals surface area contributed by atoms with Crippen LogP contribution >= 0.6 is 0 Å². The van der Waals surface area contributed by atoms with Crippen LogP contribution in [-0.4, -0.2) is 4.98 Å². The molecule has 0 saturated heterocycles. The molecule has 62 valence electrons. The van der Waals surface area contributed by atoms with Gasteiger partial charge in [-0.1, -0.05) is 13.3 Å². The summed E-state index contributed by atoms with van der Waals surface area (Å²) >= 11 is 0. The van der Waals surface area contributed by atoms with Crippen LogP contribution in [0.1, 0.15) is 31.0 Å². The van der Waals surface area contributed by atoms with E-state index in [2.05, 4.69) is 18.0 Å². The van der Waals surface area contributed by atoms with Crippen molar-refractivity contribution in [2.45, 2.75) is 26.2 Å². The molecule has 0 fully saturated rings. The molecular weight excluding hydrogens is 148 g/mol. The second kappa shape index (κ2) is 4.50. The third kappa shape index (κ3) is 2.06. The number of rotatable bonds is 3. The standard InChI is InChI=1S/C10H12N2/c1-2-3-6-10-9(8-11)5-4-7-12-10/h4-5,7H,2-3,6H2,1H3. The van der Waals surface area contributed by atoms with E-state index in [1.165, 1.54) is 0 Å². The SMILES string of the molecule is CCCCc1ncccc1C#N. The highest BCUT2D eigenvalue weighted by Gasteiger charge is 2.00. The molecule has 0 aliphatic heterocycles. The molecule has 1 aromatic heterocycles. The van der Waals surface area contributed by atoms with E-state index in [4.69, 9.17) is 5.26 Å². The Bertz CT molecular complexity index is 286. The van der Waals surface area contributed by atoms with Crippen LogP contribution in [0, 0.1) is 11.3 Å². The fourth-order valence-electron chi connectivity index (χ4n) is 1.08. The Hall–Kier alpha value is -1.36. The van der Waals surface area contributed by atoms with E-state index in [1.807, 2.05) is 6.07 Å². The molecule has 0 spiro atoms. The van der Waals surface area contributed by atoms with Gasteiger partial charge in [0.15, 0.2) is 0 Å². The molecule has 0 bridgehead atoms. The lowest BCUT2D eigenvalue weighted by molar-refractivity contribution is 0.774. The molecule has 0 aromatic carbocycles. The average molecular weight is 160 g/mol. The molecule has 0 unspecified atom stereocenters. The lowest BCUT2D eigenvalue weighted by Crippen LogP contribution is -1.93. The van der Waals surface area contributed by atoms with E-state index in [0.29, 0.717) is 5.56 Å². The highest BCUT2D eigenvalue weighted by molar-refractivity contribution is 5.32. The van der Waals surface area contributed by atoms with Gasteiger partial charge in [0.25, 0.3) is 0 Å². The van der Waals surface area contributed by atoms with Gasteiger partial charge >= 0.3 is 0 Å². The maximum Gasteiger partial charge on any atom is 0.101 e. The number of aromatic nitrogens is 1. The third-order valence-corrected chi connectivity index (χ3v) is 1.78. The van der Waals surface area contributed by atoms with Crippen LogP contribution in [0.25, 0.3) is 0 Å². The molecule has 1 heterocycles. The zero-order chi connectivity index (χ0) is 8.81. The maximum absolute atomic E-state index is 8.73. The van der Waals surface area contributed by atoms with Gasteiger partial charge in [0.05, 0.1) is 11.3 Å². The Morgan fingerprint density at radius 3 is 3.08 bits per heavy atom. The molecular formula is C10H12N2. The van der Waals surface area contributed by atoms with Crippen LogP contribution < -0.4 is 0 Å². The number of unbranched alkanes of at least 4 members (excludes halogenated alkanes) is 1. The zero-order valence-electron chi connectivity index (χ0n) is 7.25. The van der Waals surface area contributed by atoms with Crippen molar-refractivity contribution in [3.05, 3.63) is 29.6 Å². The number of pyridine rings is 1. The van der Waals surface area contributed by atoms with Gasteiger partial charge in [-0.15, -0.1) is 0 Å². The Balaban J connectivity index is 2.77. The Labute approximate surface area is 72.9 Å². The van der Waals surface area contributed by atoms with Crippen molar-refractivity contribution in [2.75, 3.05) is 0 Å². The zero-order valence-corrected chi connectivity index (χ0v) is 7.25. The first-order valence-corrected chi connectivity index (χ1v) is 4.22. The summed E-state index contributed by atoms with van der Waals surface area (Å²) in [7, 11) is 0. The summed E-state index contributed by atoms with van der Waals surface area (Å²) in [6, 6.07) is 5.76. The fourth-order valence-corrected chi connectivity index (χ4v) is 1.08. The van der Waals surface area contributed by atoms with Gasteiger partial charge in [-0.2, -0.15) is 5.26 Å². The molecule has 0 N–H and O–H groups in total. The molecule has 0 amide bonds. The van der Waals surface area contributed by atoms with Crippen LogP contribution in [0.5, 0.6) is 0 Å². The molecule has 12 heavy (non-hydrogen) atoms. The van der Waals surface area contributed by atoms with Crippen molar-refractivity contribution < 1.29 is 0 Å². The summed E-state index contributed by atoms with van der Waals surface area (Å²) in [5, 5.41) is 8.73. The van der Waals surface area contributed by atoms with Crippen LogP contribution in [0.3, 0.4) is 0 Å². The van der Waals surface area contributed by atoms with Crippen molar-refractivity contribution in [3.8, 4) is 6.07 Å². The van der Waals surface area contributed by atoms with E-state index < -0.39 is 0 Å². The molecule has 0 aliphatic rings. The van der Waals surface area contributed by atoms with E-state index >= 15 is 0 Å². The highest BCUT2D eigenvalue weighted by Crippen LogP contribution is 2.06. The number of hydrogen-bond donors (Lipinski definition) is 0. The minimum Gasteiger partial charge on any atom is -0.260 e. The summed E-state index contributed by atoms with van der Waals surface area (Å²) in [4.78, 5) is 4.16. The molecule has 2 nitrogen and oxygen atoms in total. The van der Waals surface area contributed by atoms with E-state index in [1.54, 1.807) is 12.3 Å². The normalized spacial score (nSPS) is 9.33. The summed E-state index contributed by atoms with van der Waals surface area (Å²) in [6.07, 6.45) is 4.90. The van der Waals surface area contributed by atoms with Crippen LogP contribution in [0.4, 0.5) is 0 Å². The first-order valence-electron chi connectivity index (χ1n) is 4.22. The molecule has 0 saturated carbocycles. The first kappa shape index (κ1) is 8.73. The summed E-state index contributed by atoms with van der Waals surface area (Å²) in [5.41, 5.74) is 1.65. The Kier molecular flexibility index (Phi) is 3.28. The second-order valence-electron chi connectivity index (χ2n) is 2.71. The molecule has 0 radical (unpaired) electrons. The van der Waals surface area contributed by atoms with E-state index in [-0.39, 0.29) is 0 Å². The smallest absolute Gasteiger partial charge is 0.101 e. The lowest BCUT2D eigenvalue weighted by Gasteiger charge is -1.99. The molecule has 2 heteroatoms. The van der Waals surface area contributed by atoms with Crippen molar-refractivity contribution in [3.63, 3.8) is 0 Å². The van der Waals surface area contributed by atoms with Crippen LogP contribution in [0.15, 0.2) is 18.3 Å². The predicted molar refractivity (Wildman–Crippen MR) is 47.6 cm³/mol. The Morgan fingerprint density at radius 1 is 1.58 bits per heavy atom. The highest BCUT2D eigenvalue weighted by atomic mass is 14.7. The molecule has 1 aromatic rings. The largest absolute Gasteiger partial charge is 0.260 e. The summed E-state index contributed by atoms with van der Waals surface area (Å²) in [6.45, 7) is 2.13. The van der Waals surface area contributed by atoms with Crippen molar-refractivity contribution >= 4 is 0 Å². The third-order valence-electron chi connectivity index (χ3n) is 1.78. The van der Waals surface area contributed by atoms with Crippen molar-refractivity contribution in [1.82, 2.24) is 4.98 Å². The monoisotopic (exact) mass is 160 g/mol. The van der Waals surface area contributed by atoms with Gasteiger partial charge in [-0.25, -0.2) is 0 Å². The van der Waals surface area contributed by atoms with Crippen LogP contribution in [0.2, 0.25) is 0 Å². The van der Waals surface area contributed by atoms with E-state index in [9.17, 15) is 0 Å². The van der Waals surface area contributed by atoms with Gasteiger partial charge in [0.1, 0.15) is 6.07 Å². The van der Waals surface area contributed by atoms with Crippen molar-refractivity contribution in [2.24, 2.45) is 0 Å². The summed E-state index contributed by atoms with van der Waals surface area (Å²) in [5.74, 6) is 0. The first-order chi connectivity index (χ1) is 5.88. The van der Waals surface area contributed by atoms with E-state index in [0.717, 1.165) is 25.0 Å².